The summed E-state index contributed by atoms with van der Waals surface area (Å²) < 4.78 is 17.5. The number of hydrogen-bond acceptors (Lipinski definition) is 3. The number of aliphatic hydroxyl groups is 1. The number of methoxy groups -OCH3 is 1. The highest BCUT2D eigenvalue weighted by atomic mass is 19.1. The second-order valence-corrected chi connectivity index (χ2v) is 4.45. The lowest BCUT2D eigenvalue weighted by Gasteiger charge is -2.05. The second-order valence-electron chi connectivity index (χ2n) is 4.45. The second kappa shape index (κ2) is 6.81. The number of halogens is 1. The van der Waals surface area contributed by atoms with Crippen LogP contribution in [0.25, 0.3) is 11.6 Å². The van der Waals surface area contributed by atoms with E-state index in [9.17, 15) is 14.3 Å². The molecule has 4 heteroatoms. The predicted octanol–water partition coefficient (Wildman–Crippen LogP) is 3.15. The maximum absolute atomic E-state index is 12.9. The quantitative estimate of drug-likeness (QED) is 0.693. The van der Waals surface area contributed by atoms with Crippen molar-refractivity contribution in [3.8, 4) is 0 Å². The van der Waals surface area contributed by atoms with Crippen LogP contribution in [-0.2, 0) is 4.74 Å². The average Bonchev–Trinajstić information content (AvgIpc) is 2.53. The van der Waals surface area contributed by atoms with Crippen molar-refractivity contribution in [3.05, 3.63) is 71.0 Å². The topological polar surface area (TPSA) is 46.5 Å². The van der Waals surface area contributed by atoms with E-state index >= 15 is 0 Å². The predicted molar refractivity (Wildman–Crippen MR) is 79.1 cm³/mol. The number of carbonyl (C=O) groups excluding carboxylic acids is 1. The number of esters is 1. The fraction of sp³-hybridized carbons (Fsp3) is 0.118. The van der Waals surface area contributed by atoms with Crippen LogP contribution >= 0.6 is 0 Å². The Morgan fingerprint density at radius 1 is 1.10 bits per heavy atom. The van der Waals surface area contributed by atoms with Crippen LogP contribution in [0, 0.1) is 5.82 Å². The summed E-state index contributed by atoms with van der Waals surface area (Å²) in [6, 6.07) is 12.7. The summed E-state index contributed by atoms with van der Waals surface area (Å²) in [7, 11) is 1.33. The number of benzene rings is 2. The molecule has 0 saturated carbocycles. The van der Waals surface area contributed by atoms with Gasteiger partial charge >= 0.3 is 5.97 Å². The normalized spacial score (nSPS) is 11.3. The SMILES string of the molecule is COC(=O)c1ccc(C=C(CO)c2ccc(F)cc2)cc1. The third-order valence-corrected chi connectivity index (χ3v) is 3.06. The van der Waals surface area contributed by atoms with Gasteiger partial charge in [-0.1, -0.05) is 24.3 Å². The first-order valence-corrected chi connectivity index (χ1v) is 6.40. The van der Waals surface area contributed by atoms with E-state index in [2.05, 4.69) is 4.74 Å². The Hall–Kier alpha value is -2.46. The van der Waals surface area contributed by atoms with Gasteiger partial charge < -0.3 is 9.84 Å². The van der Waals surface area contributed by atoms with Crippen LogP contribution in [0.3, 0.4) is 0 Å². The van der Waals surface area contributed by atoms with Crippen LogP contribution in [0.2, 0.25) is 0 Å². The molecule has 0 aliphatic heterocycles. The zero-order chi connectivity index (χ0) is 15.2. The summed E-state index contributed by atoms with van der Waals surface area (Å²) >= 11 is 0. The minimum atomic E-state index is -0.397. The molecule has 0 unspecified atom stereocenters. The zero-order valence-electron chi connectivity index (χ0n) is 11.5. The summed E-state index contributed by atoms with van der Waals surface area (Å²) in [5.41, 5.74) is 2.70. The molecule has 0 radical (unpaired) electrons. The molecule has 0 spiro atoms. The monoisotopic (exact) mass is 286 g/mol. The Labute approximate surface area is 122 Å². The first-order chi connectivity index (χ1) is 10.1. The van der Waals surface area contributed by atoms with E-state index in [4.69, 9.17) is 0 Å². The maximum Gasteiger partial charge on any atom is 0.337 e. The fourth-order valence-corrected chi connectivity index (χ4v) is 1.92. The number of hydrogen-bond donors (Lipinski definition) is 1. The van der Waals surface area contributed by atoms with Gasteiger partial charge in [-0.15, -0.1) is 0 Å². The van der Waals surface area contributed by atoms with Crippen molar-refractivity contribution in [2.45, 2.75) is 0 Å². The molecule has 0 aliphatic rings. The Balaban J connectivity index is 2.27. The van der Waals surface area contributed by atoms with Gasteiger partial charge in [-0.25, -0.2) is 9.18 Å². The van der Waals surface area contributed by atoms with Gasteiger partial charge in [-0.3, -0.25) is 0 Å². The lowest BCUT2D eigenvalue weighted by atomic mass is 10.0. The molecule has 3 nitrogen and oxygen atoms in total. The third-order valence-electron chi connectivity index (χ3n) is 3.06. The van der Waals surface area contributed by atoms with Crippen LogP contribution in [0.5, 0.6) is 0 Å². The average molecular weight is 286 g/mol. The van der Waals surface area contributed by atoms with Gasteiger partial charge in [0.2, 0.25) is 0 Å². The molecule has 0 amide bonds. The van der Waals surface area contributed by atoms with Gasteiger partial charge in [-0.2, -0.15) is 0 Å². The van der Waals surface area contributed by atoms with E-state index in [0.717, 1.165) is 11.1 Å². The molecule has 2 aromatic rings. The molecule has 0 heterocycles. The molecule has 0 saturated heterocycles. The van der Waals surface area contributed by atoms with Crippen molar-refractivity contribution in [3.63, 3.8) is 0 Å². The molecule has 108 valence electrons. The number of ether oxygens (including phenoxy) is 1. The Kier molecular flexibility index (Phi) is 4.85. The highest BCUT2D eigenvalue weighted by Crippen LogP contribution is 2.18. The summed E-state index contributed by atoms with van der Waals surface area (Å²) in [6.07, 6.45) is 1.79. The molecule has 21 heavy (non-hydrogen) atoms. The molecule has 0 aromatic heterocycles. The Morgan fingerprint density at radius 2 is 1.67 bits per heavy atom. The van der Waals surface area contributed by atoms with Crippen molar-refractivity contribution in [1.29, 1.82) is 0 Å². The van der Waals surface area contributed by atoms with Crippen molar-refractivity contribution in [1.82, 2.24) is 0 Å². The van der Waals surface area contributed by atoms with Gasteiger partial charge in [0.25, 0.3) is 0 Å². The third kappa shape index (κ3) is 3.77. The molecule has 0 bridgehead atoms. The lowest BCUT2D eigenvalue weighted by Crippen LogP contribution is -2.00. The Morgan fingerprint density at radius 3 is 2.19 bits per heavy atom. The number of rotatable bonds is 4. The van der Waals surface area contributed by atoms with E-state index in [1.54, 1.807) is 42.5 Å². The van der Waals surface area contributed by atoms with Crippen molar-refractivity contribution >= 4 is 17.6 Å². The summed E-state index contributed by atoms with van der Waals surface area (Å²) in [5, 5.41) is 9.45. The maximum atomic E-state index is 12.9. The largest absolute Gasteiger partial charge is 0.465 e. The summed E-state index contributed by atoms with van der Waals surface area (Å²) in [5.74, 6) is -0.718. The molecular formula is C17H15FO3. The first-order valence-electron chi connectivity index (χ1n) is 6.40. The lowest BCUT2D eigenvalue weighted by molar-refractivity contribution is 0.0600. The van der Waals surface area contributed by atoms with Crippen LogP contribution in [0.15, 0.2) is 48.5 Å². The van der Waals surface area contributed by atoms with E-state index in [1.165, 1.54) is 19.2 Å². The standard InChI is InChI=1S/C17H15FO3/c1-21-17(20)14-4-2-12(3-5-14)10-15(11-19)13-6-8-16(18)9-7-13/h2-10,19H,11H2,1H3. The molecule has 2 aromatic carbocycles. The van der Waals surface area contributed by atoms with Crippen molar-refractivity contribution in [2.75, 3.05) is 13.7 Å². The molecule has 0 fully saturated rings. The minimum Gasteiger partial charge on any atom is -0.465 e. The van der Waals surface area contributed by atoms with Gasteiger partial charge in [-0.05, 0) is 47.0 Å². The first kappa shape index (κ1) is 14.9. The zero-order valence-corrected chi connectivity index (χ0v) is 11.5. The van der Waals surface area contributed by atoms with Crippen LogP contribution < -0.4 is 0 Å². The van der Waals surface area contributed by atoms with Gasteiger partial charge in [0.05, 0.1) is 19.3 Å². The summed E-state index contributed by atoms with van der Waals surface area (Å²) in [4.78, 5) is 11.3. The van der Waals surface area contributed by atoms with Crippen LogP contribution in [0.4, 0.5) is 4.39 Å². The fourth-order valence-electron chi connectivity index (χ4n) is 1.92. The van der Waals surface area contributed by atoms with E-state index in [1.807, 2.05) is 0 Å². The molecular weight excluding hydrogens is 271 g/mol. The smallest absolute Gasteiger partial charge is 0.337 e. The van der Waals surface area contributed by atoms with E-state index in [-0.39, 0.29) is 12.4 Å². The van der Waals surface area contributed by atoms with Crippen molar-refractivity contribution < 1.29 is 19.0 Å². The highest BCUT2D eigenvalue weighted by molar-refractivity contribution is 5.90. The molecule has 1 N–H and O–H groups in total. The van der Waals surface area contributed by atoms with E-state index in [0.29, 0.717) is 11.1 Å². The van der Waals surface area contributed by atoms with Gasteiger partial charge in [0.1, 0.15) is 5.82 Å². The molecule has 0 aliphatic carbocycles. The van der Waals surface area contributed by atoms with E-state index < -0.39 is 5.97 Å². The van der Waals surface area contributed by atoms with Gasteiger partial charge in [0.15, 0.2) is 0 Å². The highest BCUT2D eigenvalue weighted by Gasteiger charge is 2.05. The summed E-state index contributed by atoms with van der Waals surface area (Å²) in [6.45, 7) is -0.162. The van der Waals surface area contributed by atoms with Crippen LogP contribution in [0.1, 0.15) is 21.5 Å². The van der Waals surface area contributed by atoms with Gasteiger partial charge in [0, 0.05) is 0 Å². The van der Waals surface area contributed by atoms with Crippen molar-refractivity contribution in [2.24, 2.45) is 0 Å². The molecule has 0 atom stereocenters. The minimum absolute atomic E-state index is 0.162. The number of aliphatic hydroxyl groups excluding tert-OH is 1. The Bertz CT molecular complexity index is 643. The number of carbonyl (C=O) groups is 1. The van der Waals surface area contributed by atoms with Crippen LogP contribution in [-0.4, -0.2) is 24.8 Å². The molecule has 2 rings (SSSR count).